The maximum atomic E-state index is 12.6. The molecule has 1 atom stereocenters. The van der Waals surface area contributed by atoms with Crippen molar-refractivity contribution in [2.75, 3.05) is 30.0 Å². The van der Waals surface area contributed by atoms with Crippen LogP contribution in [0.2, 0.25) is 0 Å². The van der Waals surface area contributed by atoms with E-state index in [1.807, 2.05) is 0 Å². The van der Waals surface area contributed by atoms with Gasteiger partial charge >= 0.3 is 0 Å². The largest absolute Gasteiger partial charge is 0.326 e. The van der Waals surface area contributed by atoms with Crippen LogP contribution in [0.4, 0.5) is 11.4 Å². The Balaban J connectivity index is 1.65. The second-order valence-corrected chi connectivity index (χ2v) is 8.70. The van der Waals surface area contributed by atoms with Crippen LogP contribution >= 0.6 is 0 Å². The minimum atomic E-state index is -3.32. The van der Waals surface area contributed by atoms with Gasteiger partial charge in [-0.25, -0.2) is 12.7 Å². The van der Waals surface area contributed by atoms with Gasteiger partial charge in [0, 0.05) is 42.4 Å². The van der Waals surface area contributed by atoms with Gasteiger partial charge in [0.25, 0.3) is 5.91 Å². The summed E-state index contributed by atoms with van der Waals surface area (Å²) in [5.74, 6) is -0.971. The summed E-state index contributed by atoms with van der Waals surface area (Å²) in [5, 5.41) is 5.55. The normalized spacial score (nSPS) is 17.7. The topological polar surface area (TPSA) is 108 Å². The van der Waals surface area contributed by atoms with E-state index in [4.69, 9.17) is 0 Å². The van der Waals surface area contributed by atoms with Crippen LogP contribution in [0.25, 0.3) is 0 Å². The molecule has 0 spiro atoms. The van der Waals surface area contributed by atoms with E-state index >= 15 is 0 Å². The lowest BCUT2D eigenvalue weighted by Crippen LogP contribution is -2.43. The van der Waals surface area contributed by atoms with Crippen LogP contribution in [0.3, 0.4) is 0 Å². The first-order valence-electron chi connectivity index (χ1n) is 8.90. The Kier molecular flexibility index (Phi) is 6.05. The lowest BCUT2D eigenvalue weighted by Gasteiger charge is -2.30. The Morgan fingerprint density at radius 1 is 1.11 bits per heavy atom. The number of amides is 2. The Bertz CT molecular complexity index is 963. The van der Waals surface area contributed by atoms with Crippen LogP contribution in [-0.4, -0.2) is 48.9 Å². The van der Waals surface area contributed by atoms with Crippen molar-refractivity contribution >= 4 is 33.2 Å². The third-order valence-electron chi connectivity index (χ3n) is 4.55. The number of nitrogens with zero attached hydrogens (tertiary/aromatic N) is 2. The summed E-state index contributed by atoms with van der Waals surface area (Å²) in [7, 11) is -3.32. The molecule has 0 bridgehead atoms. The SMILES string of the molecule is CS(=O)(=O)N1CCCC(C(=O)Nc2cccc(C(=O)Nc3ccncc3)c2)C1. The molecule has 0 saturated carbocycles. The van der Waals surface area contributed by atoms with Crippen LogP contribution in [0.1, 0.15) is 23.2 Å². The number of piperidine rings is 1. The molecule has 1 fully saturated rings. The average molecular weight is 402 g/mol. The molecular weight excluding hydrogens is 380 g/mol. The number of carbonyl (C=O) groups excluding carboxylic acids is 2. The van der Waals surface area contributed by atoms with Crippen molar-refractivity contribution in [2.24, 2.45) is 5.92 Å². The molecule has 2 aromatic rings. The Morgan fingerprint density at radius 2 is 1.86 bits per heavy atom. The Labute approximate surface area is 164 Å². The van der Waals surface area contributed by atoms with Crippen molar-refractivity contribution in [1.82, 2.24) is 9.29 Å². The lowest BCUT2D eigenvalue weighted by atomic mass is 9.98. The van der Waals surface area contributed by atoms with Gasteiger partial charge in [-0.2, -0.15) is 0 Å². The van der Waals surface area contributed by atoms with Gasteiger partial charge in [0.05, 0.1) is 12.2 Å². The van der Waals surface area contributed by atoms with E-state index in [9.17, 15) is 18.0 Å². The van der Waals surface area contributed by atoms with E-state index in [0.29, 0.717) is 36.3 Å². The zero-order chi connectivity index (χ0) is 20.1. The van der Waals surface area contributed by atoms with Crippen molar-refractivity contribution in [3.63, 3.8) is 0 Å². The highest BCUT2D eigenvalue weighted by atomic mass is 32.2. The molecule has 1 aliphatic rings. The van der Waals surface area contributed by atoms with Gasteiger partial charge in [0.2, 0.25) is 15.9 Å². The highest BCUT2D eigenvalue weighted by molar-refractivity contribution is 7.88. The summed E-state index contributed by atoms with van der Waals surface area (Å²) in [6, 6.07) is 9.98. The smallest absolute Gasteiger partial charge is 0.255 e. The second-order valence-electron chi connectivity index (χ2n) is 6.72. The number of nitrogens with one attached hydrogen (secondary N) is 2. The van der Waals surface area contributed by atoms with E-state index in [2.05, 4.69) is 15.6 Å². The van der Waals surface area contributed by atoms with E-state index in [0.717, 1.165) is 6.26 Å². The number of aromatic nitrogens is 1. The minimum absolute atomic E-state index is 0.173. The number of rotatable bonds is 5. The van der Waals surface area contributed by atoms with Gasteiger partial charge in [-0.3, -0.25) is 14.6 Å². The lowest BCUT2D eigenvalue weighted by molar-refractivity contribution is -0.120. The van der Waals surface area contributed by atoms with E-state index in [1.54, 1.807) is 48.8 Å². The van der Waals surface area contributed by atoms with E-state index < -0.39 is 15.9 Å². The fourth-order valence-electron chi connectivity index (χ4n) is 3.08. The monoisotopic (exact) mass is 402 g/mol. The van der Waals surface area contributed by atoms with E-state index in [-0.39, 0.29) is 18.4 Å². The van der Waals surface area contributed by atoms with Gasteiger partial charge in [0.15, 0.2) is 0 Å². The van der Waals surface area contributed by atoms with Crippen LogP contribution in [0.5, 0.6) is 0 Å². The highest BCUT2D eigenvalue weighted by Crippen LogP contribution is 2.21. The Hall–Kier alpha value is -2.78. The molecule has 2 heterocycles. The molecule has 0 radical (unpaired) electrons. The molecular formula is C19H22N4O4S. The average Bonchev–Trinajstić information content (AvgIpc) is 2.68. The number of benzene rings is 1. The van der Waals surface area contributed by atoms with E-state index in [1.165, 1.54) is 4.31 Å². The zero-order valence-corrected chi connectivity index (χ0v) is 16.3. The predicted molar refractivity (Wildman–Crippen MR) is 106 cm³/mol. The van der Waals surface area contributed by atoms with Crippen LogP contribution < -0.4 is 10.6 Å². The van der Waals surface area contributed by atoms with Gasteiger partial charge in [-0.05, 0) is 43.2 Å². The number of sulfonamides is 1. The van der Waals surface area contributed by atoms with Crippen LogP contribution in [-0.2, 0) is 14.8 Å². The molecule has 8 nitrogen and oxygen atoms in total. The third-order valence-corrected chi connectivity index (χ3v) is 5.82. The highest BCUT2D eigenvalue weighted by Gasteiger charge is 2.30. The maximum absolute atomic E-state index is 12.6. The number of hydrogen-bond acceptors (Lipinski definition) is 5. The maximum Gasteiger partial charge on any atom is 0.255 e. The molecule has 1 aromatic heterocycles. The van der Waals surface area contributed by atoms with Crippen molar-refractivity contribution in [2.45, 2.75) is 12.8 Å². The summed E-state index contributed by atoms with van der Waals surface area (Å²) in [6.07, 6.45) is 5.57. The molecule has 0 aliphatic carbocycles. The predicted octanol–water partition coefficient (Wildman–Crippen LogP) is 1.94. The fourth-order valence-corrected chi connectivity index (χ4v) is 3.99. The molecule has 1 unspecified atom stereocenters. The summed E-state index contributed by atoms with van der Waals surface area (Å²) < 4.78 is 24.8. The van der Waals surface area contributed by atoms with Crippen molar-refractivity contribution in [3.8, 4) is 0 Å². The van der Waals surface area contributed by atoms with Crippen molar-refractivity contribution in [1.29, 1.82) is 0 Å². The number of pyridine rings is 1. The van der Waals surface area contributed by atoms with Crippen LogP contribution in [0.15, 0.2) is 48.8 Å². The van der Waals surface area contributed by atoms with Crippen LogP contribution in [0, 0.1) is 5.92 Å². The first-order chi connectivity index (χ1) is 13.3. The molecule has 9 heteroatoms. The summed E-state index contributed by atoms with van der Waals surface area (Å²) in [4.78, 5) is 28.9. The Morgan fingerprint density at radius 3 is 2.57 bits per heavy atom. The fraction of sp³-hybridized carbons (Fsp3) is 0.316. The molecule has 148 valence electrons. The number of carbonyl (C=O) groups is 2. The molecule has 28 heavy (non-hydrogen) atoms. The van der Waals surface area contributed by atoms with Crippen molar-refractivity contribution in [3.05, 3.63) is 54.4 Å². The quantitative estimate of drug-likeness (QED) is 0.795. The van der Waals surface area contributed by atoms with Gasteiger partial charge in [-0.15, -0.1) is 0 Å². The summed E-state index contributed by atoms with van der Waals surface area (Å²) >= 11 is 0. The standard InChI is InChI=1S/C19H22N4O4S/c1-28(26,27)23-11-3-5-15(13-23)19(25)22-17-6-2-4-14(12-17)18(24)21-16-7-9-20-10-8-16/h2,4,6-10,12,15H,3,5,11,13H2,1H3,(H,22,25)(H,20,21,24). The van der Waals surface area contributed by atoms with Gasteiger partial charge in [0.1, 0.15) is 0 Å². The van der Waals surface area contributed by atoms with Crippen molar-refractivity contribution < 1.29 is 18.0 Å². The molecule has 3 rings (SSSR count). The zero-order valence-electron chi connectivity index (χ0n) is 15.5. The number of anilines is 2. The third kappa shape index (κ3) is 5.14. The molecule has 1 aliphatic heterocycles. The minimum Gasteiger partial charge on any atom is -0.326 e. The summed E-state index contributed by atoms with van der Waals surface area (Å²) in [6.45, 7) is 0.611. The number of hydrogen-bond donors (Lipinski definition) is 2. The molecule has 1 aromatic carbocycles. The molecule has 2 N–H and O–H groups in total. The molecule has 1 saturated heterocycles. The van der Waals surface area contributed by atoms with Gasteiger partial charge < -0.3 is 10.6 Å². The summed E-state index contributed by atoms with van der Waals surface area (Å²) in [5.41, 5.74) is 1.51. The second kappa shape index (κ2) is 8.49. The molecule has 2 amide bonds. The first kappa shape index (κ1) is 20.0. The van der Waals surface area contributed by atoms with Gasteiger partial charge in [-0.1, -0.05) is 6.07 Å². The first-order valence-corrected chi connectivity index (χ1v) is 10.8.